The molecule has 0 amide bonds. The Labute approximate surface area is 205 Å². The van der Waals surface area contributed by atoms with Crippen molar-refractivity contribution in [2.24, 2.45) is 0 Å². The number of aromatic nitrogens is 4. The van der Waals surface area contributed by atoms with Gasteiger partial charge in [-0.25, -0.2) is 4.79 Å². The molecule has 0 saturated heterocycles. The van der Waals surface area contributed by atoms with E-state index in [1.165, 1.54) is 16.8 Å². The van der Waals surface area contributed by atoms with E-state index in [9.17, 15) is 14.7 Å². The number of hydrogen-bond acceptors (Lipinski definition) is 9. The first kappa shape index (κ1) is 24.2. The van der Waals surface area contributed by atoms with Gasteiger partial charge in [-0.05, 0) is 77.9 Å². The summed E-state index contributed by atoms with van der Waals surface area (Å²) in [5.74, 6) is -0.758. The van der Waals surface area contributed by atoms with Crippen LogP contribution in [0.15, 0.2) is 77.6 Å². The van der Waals surface area contributed by atoms with Crippen molar-refractivity contribution in [2.75, 3.05) is 7.11 Å². The highest BCUT2D eigenvalue weighted by Gasteiger charge is 2.32. The highest BCUT2D eigenvalue weighted by Crippen LogP contribution is 2.29. The second-order valence-corrected chi connectivity index (χ2v) is 8.71. The van der Waals surface area contributed by atoms with Crippen molar-refractivity contribution in [3.05, 3.63) is 83.6 Å². The summed E-state index contributed by atoms with van der Waals surface area (Å²) in [4.78, 5) is 24.6. The van der Waals surface area contributed by atoms with Gasteiger partial charge in [-0.1, -0.05) is 23.9 Å². The van der Waals surface area contributed by atoms with Gasteiger partial charge in [-0.3, -0.25) is 4.79 Å². The average molecular weight is 494 g/mol. The van der Waals surface area contributed by atoms with E-state index in [0.29, 0.717) is 17.0 Å². The van der Waals surface area contributed by atoms with Crippen LogP contribution in [0.5, 0.6) is 5.75 Å². The van der Waals surface area contributed by atoms with Crippen molar-refractivity contribution in [3.8, 4) is 11.4 Å². The molecule has 0 bridgehead atoms. The molecule has 1 heterocycles. The second-order valence-electron chi connectivity index (χ2n) is 7.60. The van der Waals surface area contributed by atoms with Crippen molar-refractivity contribution < 1.29 is 24.5 Å². The summed E-state index contributed by atoms with van der Waals surface area (Å²) < 4.78 is 6.56. The number of nitrogens with zero attached hydrogens (tertiary/aromatic N) is 4. The number of methoxy groups -OCH3 is 1. The van der Waals surface area contributed by atoms with Crippen LogP contribution in [-0.2, 0) is 0 Å². The lowest BCUT2D eigenvalue weighted by Crippen LogP contribution is -2.42. The lowest BCUT2D eigenvalue weighted by atomic mass is 10.1. The Balaban J connectivity index is 1.63. The third-order valence-electron chi connectivity index (χ3n) is 5.30. The molecule has 0 radical (unpaired) electrons. The number of nitrogens with one attached hydrogen (secondary N) is 1. The van der Waals surface area contributed by atoms with Gasteiger partial charge in [0.25, 0.3) is 0 Å². The number of aliphatic hydroxyl groups excluding tert-OH is 1. The van der Waals surface area contributed by atoms with Crippen LogP contribution in [0.4, 0.5) is 0 Å². The molecule has 0 fully saturated rings. The molecule has 4 rings (SSSR count). The first-order chi connectivity index (χ1) is 17.0. The van der Waals surface area contributed by atoms with Crippen LogP contribution in [0.1, 0.15) is 33.6 Å². The number of tetrazole rings is 1. The number of ether oxygens (including phenoxy) is 1. The third-order valence-corrected chi connectivity index (χ3v) is 6.49. The van der Waals surface area contributed by atoms with E-state index in [1.807, 2.05) is 18.2 Å². The van der Waals surface area contributed by atoms with E-state index in [2.05, 4.69) is 20.8 Å². The number of allylic oxidation sites excluding steroid dienone is 4. The molecule has 10 nitrogen and oxygen atoms in total. The maximum atomic E-state index is 13.5. The number of carboxylic acids is 1. The molecule has 2 atom stereocenters. The van der Waals surface area contributed by atoms with Crippen LogP contribution in [0.25, 0.3) is 5.69 Å². The number of thioether (sulfide) groups is 1. The van der Waals surface area contributed by atoms with Crippen LogP contribution < -0.4 is 10.1 Å². The minimum absolute atomic E-state index is 0.123. The molecule has 2 unspecified atom stereocenters. The molecular weight excluding hydrogens is 470 g/mol. The lowest BCUT2D eigenvalue weighted by molar-refractivity contribution is 0.0696. The van der Waals surface area contributed by atoms with Gasteiger partial charge in [-0.2, -0.15) is 4.68 Å². The monoisotopic (exact) mass is 493 g/mol. The molecule has 0 saturated carbocycles. The number of carbonyl (C=O) groups excluding carboxylic acids is 1. The number of rotatable bonds is 10. The van der Waals surface area contributed by atoms with E-state index in [4.69, 9.17) is 9.84 Å². The van der Waals surface area contributed by atoms with Gasteiger partial charge in [0.1, 0.15) is 17.2 Å². The van der Waals surface area contributed by atoms with Crippen molar-refractivity contribution in [1.82, 2.24) is 25.5 Å². The summed E-state index contributed by atoms with van der Waals surface area (Å²) >= 11 is 1.01. The van der Waals surface area contributed by atoms with Gasteiger partial charge in [0.05, 0.1) is 18.4 Å². The number of benzene rings is 2. The maximum absolute atomic E-state index is 13.5. The Morgan fingerprint density at radius 3 is 2.46 bits per heavy atom. The van der Waals surface area contributed by atoms with E-state index in [0.717, 1.165) is 30.3 Å². The van der Waals surface area contributed by atoms with Crippen LogP contribution in [-0.4, -0.2) is 60.8 Å². The molecular formula is C24H23N5O5S. The summed E-state index contributed by atoms with van der Waals surface area (Å²) in [6.45, 7) is 0. The number of carbonyl (C=O) groups is 2. The van der Waals surface area contributed by atoms with Crippen LogP contribution in [0.3, 0.4) is 0 Å². The zero-order valence-electron chi connectivity index (χ0n) is 18.7. The molecule has 35 heavy (non-hydrogen) atoms. The van der Waals surface area contributed by atoms with E-state index in [1.54, 1.807) is 43.5 Å². The predicted molar refractivity (Wildman–Crippen MR) is 129 cm³/mol. The summed E-state index contributed by atoms with van der Waals surface area (Å²) in [5, 5.41) is 34.2. The fourth-order valence-corrected chi connectivity index (χ4v) is 4.44. The smallest absolute Gasteiger partial charge is 0.335 e. The van der Waals surface area contributed by atoms with Crippen molar-refractivity contribution in [2.45, 2.75) is 29.5 Å². The number of ketones is 1. The summed E-state index contributed by atoms with van der Waals surface area (Å²) in [5.41, 5.74) is 1.85. The van der Waals surface area contributed by atoms with E-state index < -0.39 is 17.4 Å². The molecule has 1 aliphatic rings. The number of aliphatic hydroxyl groups is 1. The summed E-state index contributed by atoms with van der Waals surface area (Å²) in [6, 6.07) is 12.6. The van der Waals surface area contributed by atoms with Gasteiger partial charge in [-0.15, -0.1) is 5.10 Å². The molecule has 11 heteroatoms. The van der Waals surface area contributed by atoms with Crippen molar-refractivity contribution in [3.63, 3.8) is 0 Å². The molecule has 1 aromatic heterocycles. The fourth-order valence-electron chi connectivity index (χ4n) is 3.44. The Kier molecular flexibility index (Phi) is 7.58. The molecule has 0 aliphatic heterocycles. The van der Waals surface area contributed by atoms with Gasteiger partial charge in [0.2, 0.25) is 5.16 Å². The molecule has 1 aliphatic carbocycles. The molecule has 180 valence electrons. The number of carboxylic acid groups (broad SMARTS) is 1. The van der Waals surface area contributed by atoms with Gasteiger partial charge >= 0.3 is 5.97 Å². The molecule has 2 aromatic carbocycles. The van der Waals surface area contributed by atoms with Gasteiger partial charge in [0, 0.05) is 11.3 Å². The van der Waals surface area contributed by atoms with E-state index in [-0.39, 0.29) is 16.5 Å². The maximum Gasteiger partial charge on any atom is 0.335 e. The van der Waals surface area contributed by atoms with Crippen LogP contribution in [0, 0.1) is 0 Å². The minimum atomic E-state index is -1.23. The zero-order valence-corrected chi connectivity index (χ0v) is 19.6. The fraction of sp³-hybridized carbons (Fsp3) is 0.208. The highest BCUT2D eigenvalue weighted by molar-refractivity contribution is 8.00. The Morgan fingerprint density at radius 2 is 1.83 bits per heavy atom. The number of Topliss-reactive ketones (excluding diaryl/α,β-unsaturated/α-hetero) is 1. The van der Waals surface area contributed by atoms with Crippen molar-refractivity contribution in [1.29, 1.82) is 0 Å². The second kappa shape index (κ2) is 11.0. The van der Waals surface area contributed by atoms with Crippen molar-refractivity contribution >= 4 is 23.5 Å². The zero-order chi connectivity index (χ0) is 24.8. The third kappa shape index (κ3) is 5.76. The highest BCUT2D eigenvalue weighted by atomic mass is 32.2. The molecule has 0 spiro atoms. The largest absolute Gasteiger partial charge is 0.497 e. The number of aromatic carboxylic acids is 1. The lowest BCUT2D eigenvalue weighted by Gasteiger charge is -2.24. The van der Waals surface area contributed by atoms with Crippen LogP contribution in [0.2, 0.25) is 0 Å². The molecule has 3 N–H and O–H groups in total. The molecule has 3 aromatic rings. The first-order valence-electron chi connectivity index (χ1n) is 10.7. The first-order valence-corrected chi connectivity index (χ1v) is 11.6. The van der Waals surface area contributed by atoms with E-state index >= 15 is 0 Å². The Morgan fingerprint density at radius 1 is 1.11 bits per heavy atom. The van der Waals surface area contributed by atoms with Crippen LogP contribution >= 0.6 is 11.8 Å². The standard InChI is InChI=1S/C24H23N5O5S/c1-34-19-13-9-15(10-14-19)20(30)21(22(31)25-17-5-3-2-4-6-17)35-24-26-27-28-29(24)18-11-7-16(8-12-18)23(32)33/h2-3,5,7-14,21-22,25,31H,4,6H2,1H3,(H,32,33). The number of hydrogen-bond donors (Lipinski definition) is 3. The normalized spacial score (nSPS) is 14.6. The SMILES string of the molecule is COc1ccc(C(=O)C(Sc2nnnn2-c2ccc(C(=O)O)cc2)C(O)NC2=CC=CCC2)cc1. The van der Waals surface area contributed by atoms with Gasteiger partial charge < -0.3 is 20.3 Å². The Bertz CT molecular complexity index is 1250. The quantitative estimate of drug-likeness (QED) is 0.219. The minimum Gasteiger partial charge on any atom is -0.497 e. The predicted octanol–water partition coefficient (Wildman–Crippen LogP) is 2.85. The average Bonchev–Trinajstić information content (AvgIpc) is 3.36. The topological polar surface area (TPSA) is 139 Å². The Hall–Kier alpha value is -3.96. The summed E-state index contributed by atoms with van der Waals surface area (Å²) in [7, 11) is 1.54. The summed E-state index contributed by atoms with van der Waals surface area (Å²) in [6.07, 6.45) is 6.10. The van der Waals surface area contributed by atoms with Gasteiger partial charge in [0.15, 0.2) is 5.78 Å².